The molecule has 1 heterocycles. The van der Waals surface area contributed by atoms with E-state index in [4.69, 9.17) is 10.5 Å². The number of hydrogen-bond donors (Lipinski definition) is 1. The molecule has 15 heavy (non-hydrogen) atoms. The van der Waals surface area contributed by atoms with Crippen LogP contribution in [0, 0.1) is 0 Å². The highest BCUT2D eigenvalue weighted by Gasteiger charge is 1.99. The Hall–Kier alpha value is -1.35. The highest BCUT2D eigenvalue weighted by molar-refractivity contribution is 5.20. The smallest absolute Gasteiger partial charge is 0.137 e. The molecule has 0 fully saturated rings. The third kappa shape index (κ3) is 4.61. The fourth-order valence-corrected chi connectivity index (χ4v) is 1.21. The number of nitrogens with two attached hydrogens (primary N) is 1. The van der Waals surface area contributed by atoms with Crippen LogP contribution in [0.1, 0.15) is 19.0 Å². The third-order valence-corrected chi connectivity index (χ3v) is 1.92. The van der Waals surface area contributed by atoms with E-state index in [9.17, 15) is 0 Å². The van der Waals surface area contributed by atoms with Gasteiger partial charge in [0.2, 0.25) is 0 Å². The van der Waals surface area contributed by atoms with Crippen LogP contribution in [0.25, 0.3) is 0 Å². The van der Waals surface area contributed by atoms with Crippen molar-refractivity contribution in [3.63, 3.8) is 0 Å². The Morgan fingerprint density at radius 2 is 2.40 bits per heavy atom. The molecule has 0 spiro atoms. The summed E-state index contributed by atoms with van der Waals surface area (Å²) >= 11 is 0. The molecule has 3 nitrogen and oxygen atoms in total. The number of ether oxygens (including phenoxy) is 1. The quantitative estimate of drug-likeness (QED) is 0.571. The Balaban J connectivity index is 2.45. The zero-order valence-corrected chi connectivity index (χ0v) is 9.15. The molecule has 82 valence electrons. The zero-order chi connectivity index (χ0) is 11.1. The molecule has 0 aliphatic carbocycles. The van der Waals surface area contributed by atoms with Crippen LogP contribution in [0.5, 0.6) is 5.75 Å². The molecule has 0 aliphatic heterocycles. The van der Waals surface area contributed by atoms with Gasteiger partial charge in [0.05, 0.1) is 12.8 Å². The average molecular weight is 206 g/mol. The van der Waals surface area contributed by atoms with Crippen molar-refractivity contribution in [3.8, 4) is 5.75 Å². The van der Waals surface area contributed by atoms with Gasteiger partial charge in [0, 0.05) is 18.2 Å². The first kappa shape index (κ1) is 11.7. The minimum Gasteiger partial charge on any atom is -0.492 e. The number of rotatable bonds is 6. The van der Waals surface area contributed by atoms with Crippen LogP contribution in [0.15, 0.2) is 31.0 Å². The lowest BCUT2D eigenvalue weighted by molar-refractivity contribution is 0.323. The van der Waals surface area contributed by atoms with Crippen LogP contribution >= 0.6 is 0 Å². The van der Waals surface area contributed by atoms with Gasteiger partial charge in [-0.3, -0.25) is 4.98 Å². The highest BCUT2D eigenvalue weighted by Crippen LogP contribution is 2.10. The minimum absolute atomic E-state index is 0.144. The number of aromatic nitrogens is 1. The molecule has 2 N–H and O–H groups in total. The summed E-state index contributed by atoms with van der Waals surface area (Å²) in [5, 5.41) is 0. The first-order valence-electron chi connectivity index (χ1n) is 5.16. The first-order chi connectivity index (χ1) is 7.22. The van der Waals surface area contributed by atoms with Gasteiger partial charge in [0.1, 0.15) is 5.75 Å². The maximum absolute atomic E-state index is 5.68. The Kier molecular flexibility index (Phi) is 4.84. The van der Waals surface area contributed by atoms with Crippen molar-refractivity contribution in [2.75, 3.05) is 6.61 Å². The summed E-state index contributed by atoms with van der Waals surface area (Å²) in [7, 11) is 0. The molecule has 1 aromatic rings. The summed E-state index contributed by atoms with van der Waals surface area (Å²) in [6, 6.07) is 4.02. The summed E-state index contributed by atoms with van der Waals surface area (Å²) in [6.07, 6.45) is 5.22. The molecule has 1 aromatic heterocycles. The topological polar surface area (TPSA) is 48.1 Å². The van der Waals surface area contributed by atoms with Crippen molar-refractivity contribution in [2.24, 2.45) is 5.73 Å². The van der Waals surface area contributed by atoms with Gasteiger partial charge in [-0.15, -0.1) is 6.58 Å². The molecule has 3 heteroatoms. The van der Waals surface area contributed by atoms with Crippen molar-refractivity contribution in [1.29, 1.82) is 0 Å². The van der Waals surface area contributed by atoms with E-state index in [-0.39, 0.29) is 6.04 Å². The average Bonchev–Trinajstić information content (AvgIpc) is 2.20. The molecular formula is C12H18N2O. The van der Waals surface area contributed by atoms with Crippen LogP contribution in [0.3, 0.4) is 0 Å². The summed E-state index contributed by atoms with van der Waals surface area (Å²) in [5.41, 5.74) is 6.68. The molecule has 1 atom stereocenters. The van der Waals surface area contributed by atoms with Crippen molar-refractivity contribution in [2.45, 2.75) is 25.8 Å². The fraction of sp³-hybridized carbons (Fsp3) is 0.417. The molecule has 0 aromatic carbocycles. The van der Waals surface area contributed by atoms with E-state index in [0.29, 0.717) is 6.61 Å². The molecule has 0 amide bonds. The predicted molar refractivity (Wildman–Crippen MR) is 61.9 cm³/mol. The summed E-state index contributed by atoms with van der Waals surface area (Å²) in [6.45, 7) is 6.25. The monoisotopic (exact) mass is 206 g/mol. The summed E-state index contributed by atoms with van der Waals surface area (Å²) < 4.78 is 5.44. The highest BCUT2D eigenvalue weighted by atomic mass is 16.5. The molecular weight excluding hydrogens is 188 g/mol. The summed E-state index contributed by atoms with van der Waals surface area (Å²) in [4.78, 5) is 4.27. The van der Waals surface area contributed by atoms with E-state index in [1.165, 1.54) is 0 Å². The van der Waals surface area contributed by atoms with E-state index in [0.717, 1.165) is 24.3 Å². The molecule has 0 radical (unpaired) electrons. The van der Waals surface area contributed by atoms with Gasteiger partial charge in [-0.05, 0) is 25.5 Å². The molecule has 0 saturated heterocycles. The van der Waals surface area contributed by atoms with Gasteiger partial charge in [-0.1, -0.05) is 6.08 Å². The standard InChI is InChI=1S/C12H18N2O/c1-3-4-7-15-12-6-5-11(14-9-12)8-10(2)13/h3,5-6,9-10H,1,4,7-8,13H2,2H3. The predicted octanol–water partition coefficient (Wildman–Crippen LogP) is 1.93. The molecule has 0 bridgehead atoms. The van der Waals surface area contributed by atoms with Gasteiger partial charge >= 0.3 is 0 Å². The first-order valence-corrected chi connectivity index (χ1v) is 5.16. The second-order valence-corrected chi connectivity index (χ2v) is 3.59. The van der Waals surface area contributed by atoms with Crippen molar-refractivity contribution in [1.82, 2.24) is 4.98 Å². The summed E-state index contributed by atoms with van der Waals surface area (Å²) in [5.74, 6) is 0.797. The largest absolute Gasteiger partial charge is 0.492 e. The van der Waals surface area contributed by atoms with Gasteiger partial charge in [-0.2, -0.15) is 0 Å². The van der Waals surface area contributed by atoms with Gasteiger partial charge in [-0.25, -0.2) is 0 Å². The van der Waals surface area contributed by atoms with Crippen LogP contribution in [-0.4, -0.2) is 17.6 Å². The van der Waals surface area contributed by atoms with Gasteiger partial charge < -0.3 is 10.5 Å². The van der Waals surface area contributed by atoms with Crippen LogP contribution < -0.4 is 10.5 Å². The second-order valence-electron chi connectivity index (χ2n) is 3.59. The Bertz CT molecular complexity index is 293. The number of hydrogen-bond acceptors (Lipinski definition) is 3. The normalized spacial score (nSPS) is 12.1. The van der Waals surface area contributed by atoms with Crippen molar-refractivity contribution >= 4 is 0 Å². The van der Waals surface area contributed by atoms with E-state index in [1.807, 2.05) is 25.1 Å². The van der Waals surface area contributed by atoms with Crippen molar-refractivity contribution < 1.29 is 4.74 Å². The van der Waals surface area contributed by atoms with E-state index in [2.05, 4.69) is 11.6 Å². The SMILES string of the molecule is C=CCCOc1ccc(CC(C)N)nc1. The molecule has 0 aliphatic rings. The molecule has 0 saturated carbocycles. The lowest BCUT2D eigenvalue weighted by Gasteiger charge is -2.06. The third-order valence-electron chi connectivity index (χ3n) is 1.92. The van der Waals surface area contributed by atoms with Crippen LogP contribution in [0.2, 0.25) is 0 Å². The maximum Gasteiger partial charge on any atom is 0.137 e. The molecule has 1 rings (SSSR count). The number of nitrogens with zero attached hydrogens (tertiary/aromatic N) is 1. The minimum atomic E-state index is 0.144. The second kappa shape index (κ2) is 6.19. The fourth-order valence-electron chi connectivity index (χ4n) is 1.21. The van der Waals surface area contributed by atoms with Crippen LogP contribution in [-0.2, 0) is 6.42 Å². The Morgan fingerprint density at radius 3 is 2.93 bits per heavy atom. The van der Waals surface area contributed by atoms with Gasteiger partial charge in [0.15, 0.2) is 0 Å². The Morgan fingerprint density at radius 1 is 1.60 bits per heavy atom. The Labute approximate surface area is 91.0 Å². The van der Waals surface area contributed by atoms with E-state index < -0.39 is 0 Å². The molecule has 1 unspecified atom stereocenters. The number of pyridine rings is 1. The van der Waals surface area contributed by atoms with E-state index in [1.54, 1.807) is 6.20 Å². The lowest BCUT2D eigenvalue weighted by atomic mass is 10.2. The van der Waals surface area contributed by atoms with Gasteiger partial charge in [0.25, 0.3) is 0 Å². The lowest BCUT2D eigenvalue weighted by Crippen LogP contribution is -2.18. The zero-order valence-electron chi connectivity index (χ0n) is 9.15. The van der Waals surface area contributed by atoms with E-state index >= 15 is 0 Å². The maximum atomic E-state index is 5.68. The van der Waals surface area contributed by atoms with Crippen LogP contribution in [0.4, 0.5) is 0 Å². The van der Waals surface area contributed by atoms with Crippen molar-refractivity contribution in [3.05, 3.63) is 36.7 Å².